The molecule has 1 amide bonds. The van der Waals surface area contributed by atoms with E-state index in [4.69, 9.17) is 0 Å². The van der Waals surface area contributed by atoms with Gasteiger partial charge in [-0.3, -0.25) is 9.59 Å². The molecule has 2 rings (SSSR count). The molecule has 1 aromatic carbocycles. The molecule has 0 aliphatic rings. The monoisotopic (exact) mass is 262 g/mol. The molecule has 0 unspecified atom stereocenters. The molecule has 0 aliphatic heterocycles. The predicted molar refractivity (Wildman–Crippen MR) is 70.5 cm³/mol. The summed E-state index contributed by atoms with van der Waals surface area (Å²) >= 11 is 0. The first-order chi connectivity index (χ1) is 9.13. The van der Waals surface area contributed by atoms with Crippen LogP contribution in [0.5, 0.6) is 0 Å². The van der Waals surface area contributed by atoms with E-state index in [2.05, 4.69) is 10.3 Å². The summed E-state index contributed by atoms with van der Waals surface area (Å²) in [7, 11) is 0. The highest BCUT2D eigenvalue weighted by Gasteiger charge is 2.19. The third kappa shape index (κ3) is 2.81. The Morgan fingerprint density at radius 3 is 2.89 bits per heavy atom. The van der Waals surface area contributed by atoms with Crippen LogP contribution in [-0.2, 0) is 4.79 Å². The molecule has 0 saturated carbocycles. The van der Waals surface area contributed by atoms with Crippen LogP contribution in [0.3, 0.4) is 0 Å². The highest BCUT2D eigenvalue weighted by atomic mass is 19.1. The predicted octanol–water partition coefficient (Wildman–Crippen LogP) is 2.41. The van der Waals surface area contributed by atoms with E-state index in [1.807, 2.05) is 6.92 Å². The van der Waals surface area contributed by atoms with Crippen LogP contribution in [0.15, 0.2) is 24.4 Å². The Kier molecular flexibility index (Phi) is 3.94. The number of benzene rings is 1. The first-order valence-electron chi connectivity index (χ1n) is 6.22. The number of Topliss-reactive ketones (excluding diaryl/α,β-unsaturated/α-hetero) is 1. The average molecular weight is 262 g/mol. The van der Waals surface area contributed by atoms with E-state index in [0.29, 0.717) is 17.4 Å². The Bertz CT molecular complexity index is 619. The fourth-order valence-electron chi connectivity index (χ4n) is 1.87. The quantitative estimate of drug-likeness (QED) is 0.494. The van der Waals surface area contributed by atoms with Crippen LogP contribution in [0.2, 0.25) is 0 Å². The number of nitrogens with one attached hydrogen (secondary N) is 2. The Balaban J connectivity index is 2.19. The van der Waals surface area contributed by atoms with Crippen molar-refractivity contribution in [1.29, 1.82) is 0 Å². The number of carbonyl (C=O) groups excluding carboxylic acids is 2. The zero-order valence-corrected chi connectivity index (χ0v) is 10.6. The molecule has 0 bridgehead atoms. The number of aromatic amines is 1. The molecule has 4 nitrogen and oxygen atoms in total. The summed E-state index contributed by atoms with van der Waals surface area (Å²) < 4.78 is 13.0. The molecule has 0 saturated heterocycles. The van der Waals surface area contributed by atoms with Gasteiger partial charge in [0.25, 0.3) is 11.7 Å². The van der Waals surface area contributed by atoms with Gasteiger partial charge in [-0.2, -0.15) is 0 Å². The van der Waals surface area contributed by atoms with Gasteiger partial charge in [-0.05, 0) is 24.6 Å². The number of rotatable bonds is 5. The van der Waals surface area contributed by atoms with Gasteiger partial charge in [-0.25, -0.2) is 4.39 Å². The lowest BCUT2D eigenvalue weighted by molar-refractivity contribution is -0.117. The number of fused-ring (bicyclic) bond motifs is 1. The van der Waals surface area contributed by atoms with Crippen LogP contribution >= 0.6 is 0 Å². The molecule has 5 heteroatoms. The van der Waals surface area contributed by atoms with E-state index in [9.17, 15) is 14.0 Å². The van der Waals surface area contributed by atoms with Crippen molar-refractivity contribution in [3.05, 3.63) is 35.8 Å². The van der Waals surface area contributed by atoms with Crippen molar-refractivity contribution in [2.45, 2.75) is 19.8 Å². The smallest absolute Gasteiger partial charge is 0.292 e. The molecule has 0 radical (unpaired) electrons. The molecule has 0 aliphatic carbocycles. The molecule has 2 aromatic rings. The zero-order chi connectivity index (χ0) is 13.8. The summed E-state index contributed by atoms with van der Waals surface area (Å²) in [5.74, 6) is -1.62. The minimum atomic E-state index is -0.626. The molecule has 1 aromatic heterocycles. The summed E-state index contributed by atoms with van der Waals surface area (Å²) in [5.41, 5.74) is 0.772. The van der Waals surface area contributed by atoms with Crippen LogP contribution in [0.1, 0.15) is 30.1 Å². The van der Waals surface area contributed by atoms with Gasteiger partial charge in [0.1, 0.15) is 5.82 Å². The number of carbonyl (C=O) groups is 2. The maximum absolute atomic E-state index is 13.0. The van der Waals surface area contributed by atoms with Crippen molar-refractivity contribution in [3.8, 4) is 0 Å². The van der Waals surface area contributed by atoms with Crippen LogP contribution in [0, 0.1) is 5.82 Å². The number of hydrogen-bond donors (Lipinski definition) is 2. The van der Waals surface area contributed by atoms with Gasteiger partial charge in [0.2, 0.25) is 0 Å². The Morgan fingerprint density at radius 2 is 2.16 bits per heavy atom. The lowest BCUT2D eigenvalue weighted by Gasteiger charge is -2.02. The van der Waals surface area contributed by atoms with Crippen molar-refractivity contribution < 1.29 is 14.0 Å². The lowest BCUT2D eigenvalue weighted by Crippen LogP contribution is -2.31. The SMILES string of the molecule is CCCCNC(=O)C(=O)c1c[nH]c2cc(F)ccc12. The summed E-state index contributed by atoms with van der Waals surface area (Å²) in [5, 5.41) is 3.12. The molecular weight excluding hydrogens is 247 g/mol. The standard InChI is InChI=1S/C14H15FN2O2/c1-2-3-6-16-14(19)13(18)11-8-17-12-7-9(15)4-5-10(11)12/h4-5,7-8,17H,2-3,6H2,1H3,(H,16,19). The maximum atomic E-state index is 13.0. The van der Waals surface area contributed by atoms with E-state index in [-0.39, 0.29) is 11.4 Å². The molecule has 0 atom stereocenters. The number of hydrogen-bond acceptors (Lipinski definition) is 2. The van der Waals surface area contributed by atoms with E-state index >= 15 is 0 Å². The van der Waals surface area contributed by atoms with Crippen LogP contribution in [0.25, 0.3) is 10.9 Å². The second-order valence-electron chi connectivity index (χ2n) is 4.33. The fraction of sp³-hybridized carbons (Fsp3) is 0.286. The number of unbranched alkanes of at least 4 members (excludes halogenated alkanes) is 1. The van der Waals surface area contributed by atoms with Crippen molar-refractivity contribution in [1.82, 2.24) is 10.3 Å². The van der Waals surface area contributed by atoms with Gasteiger partial charge >= 0.3 is 0 Å². The average Bonchev–Trinajstić information content (AvgIpc) is 2.80. The number of aromatic nitrogens is 1. The molecule has 19 heavy (non-hydrogen) atoms. The van der Waals surface area contributed by atoms with Crippen molar-refractivity contribution in [3.63, 3.8) is 0 Å². The lowest BCUT2D eigenvalue weighted by atomic mass is 10.1. The van der Waals surface area contributed by atoms with E-state index in [1.54, 1.807) is 0 Å². The largest absolute Gasteiger partial charge is 0.360 e. The Morgan fingerprint density at radius 1 is 1.37 bits per heavy atom. The van der Waals surface area contributed by atoms with Gasteiger partial charge in [-0.15, -0.1) is 0 Å². The molecular formula is C14H15FN2O2. The third-order valence-electron chi connectivity index (χ3n) is 2.91. The van der Waals surface area contributed by atoms with Gasteiger partial charge in [0.15, 0.2) is 0 Å². The van der Waals surface area contributed by atoms with Crippen molar-refractivity contribution in [2.24, 2.45) is 0 Å². The fourth-order valence-corrected chi connectivity index (χ4v) is 1.87. The highest BCUT2D eigenvalue weighted by molar-refractivity contribution is 6.44. The van der Waals surface area contributed by atoms with Crippen molar-refractivity contribution in [2.75, 3.05) is 6.54 Å². The Hall–Kier alpha value is -2.17. The first-order valence-corrected chi connectivity index (χ1v) is 6.22. The summed E-state index contributed by atoms with van der Waals surface area (Å²) in [6, 6.07) is 4.05. The Labute approximate surface area is 110 Å². The van der Waals surface area contributed by atoms with Crippen LogP contribution < -0.4 is 5.32 Å². The normalized spacial score (nSPS) is 10.6. The third-order valence-corrected chi connectivity index (χ3v) is 2.91. The maximum Gasteiger partial charge on any atom is 0.292 e. The van der Waals surface area contributed by atoms with Gasteiger partial charge < -0.3 is 10.3 Å². The van der Waals surface area contributed by atoms with Gasteiger partial charge in [0, 0.05) is 23.6 Å². The molecule has 1 heterocycles. The van der Waals surface area contributed by atoms with Crippen LogP contribution in [0.4, 0.5) is 4.39 Å². The highest BCUT2D eigenvalue weighted by Crippen LogP contribution is 2.19. The summed E-state index contributed by atoms with van der Waals surface area (Å²) in [6.45, 7) is 2.49. The summed E-state index contributed by atoms with van der Waals surface area (Å²) in [4.78, 5) is 26.4. The molecule has 0 spiro atoms. The summed E-state index contributed by atoms with van der Waals surface area (Å²) in [6.07, 6.45) is 3.21. The van der Waals surface area contributed by atoms with Crippen LogP contribution in [-0.4, -0.2) is 23.2 Å². The number of H-pyrrole nitrogens is 1. The second-order valence-corrected chi connectivity index (χ2v) is 4.33. The second kappa shape index (κ2) is 5.65. The number of amides is 1. The molecule has 100 valence electrons. The topological polar surface area (TPSA) is 62.0 Å². The van der Waals surface area contributed by atoms with Gasteiger partial charge in [-0.1, -0.05) is 13.3 Å². The van der Waals surface area contributed by atoms with Gasteiger partial charge in [0.05, 0.1) is 5.56 Å². The zero-order valence-electron chi connectivity index (χ0n) is 10.6. The minimum Gasteiger partial charge on any atom is -0.360 e. The molecule has 2 N–H and O–H groups in total. The van der Waals surface area contributed by atoms with E-state index < -0.39 is 11.7 Å². The first kappa shape index (κ1) is 13.3. The number of halogens is 1. The van der Waals surface area contributed by atoms with E-state index in [0.717, 1.165) is 12.8 Å². The number of ketones is 1. The van der Waals surface area contributed by atoms with E-state index in [1.165, 1.54) is 24.4 Å². The minimum absolute atomic E-state index is 0.268. The van der Waals surface area contributed by atoms with Crippen molar-refractivity contribution >= 4 is 22.6 Å². The molecule has 0 fully saturated rings.